The molecule has 0 unspecified atom stereocenters. The van der Waals surface area contributed by atoms with Crippen LogP contribution in [0.15, 0.2) is 12.3 Å². The summed E-state index contributed by atoms with van der Waals surface area (Å²) in [6.45, 7) is 0.694. The number of aromatic nitrogens is 1. The van der Waals surface area contributed by atoms with Crippen molar-refractivity contribution in [2.45, 2.75) is 18.2 Å². The molecule has 0 saturated carbocycles. The summed E-state index contributed by atoms with van der Waals surface area (Å²) in [5, 5.41) is 12.7. The van der Waals surface area contributed by atoms with Gasteiger partial charge in [-0.1, -0.05) is 11.6 Å². The maximum Gasteiger partial charge on any atom is 0.417 e. The predicted octanol–water partition coefficient (Wildman–Crippen LogP) is 1.63. The van der Waals surface area contributed by atoms with Crippen molar-refractivity contribution < 1.29 is 18.3 Å². The van der Waals surface area contributed by atoms with Gasteiger partial charge in [0.2, 0.25) is 0 Å². The van der Waals surface area contributed by atoms with Crippen LogP contribution in [-0.4, -0.2) is 28.8 Å². The van der Waals surface area contributed by atoms with E-state index < -0.39 is 17.3 Å². The van der Waals surface area contributed by atoms with Crippen LogP contribution in [0.4, 0.5) is 13.2 Å². The first-order valence-electron chi connectivity index (χ1n) is 4.95. The Morgan fingerprint density at radius 1 is 1.47 bits per heavy atom. The SMILES string of the molecule is OC1(Cc2cc(C(F)(F)F)cnc2Cl)CNC1. The third-order valence-electron chi connectivity index (χ3n) is 2.67. The lowest BCUT2D eigenvalue weighted by Crippen LogP contribution is -2.60. The topological polar surface area (TPSA) is 45.2 Å². The van der Waals surface area contributed by atoms with E-state index in [1.54, 1.807) is 0 Å². The Kier molecular flexibility index (Phi) is 3.05. The van der Waals surface area contributed by atoms with Crippen molar-refractivity contribution in [1.29, 1.82) is 0 Å². The van der Waals surface area contributed by atoms with Crippen molar-refractivity contribution in [3.05, 3.63) is 28.5 Å². The van der Waals surface area contributed by atoms with Crippen LogP contribution in [0.1, 0.15) is 11.1 Å². The van der Waals surface area contributed by atoms with Gasteiger partial charge in [-0.3, -0.25) is 0 Å². The van der Waals surface area contributed by atoms with E-state index in [0.717, 1.165) is 6.07 Å². The largest absolute Gasteiger partial charge is 0.417 e. The molecule has 0 amide bonds. The molecular formula is C10H10ClF3N2O. The molecule has 94 valence electrons. The summed E-state index contributed by atoms with van der Waals surface area (Å²) in [7, 11) is 0. The number of hydrogen-bond donors (Lipinski definition) is 2. The van der Waals surface area contributed by atoms with Gasteiger partial charge in [0.1, 0.15) is 5.15 Å². The summed E-state index contributed by atoms with van der Waals surface area (Å²) in [6.07, 6.45) is -3.70. The van der Waals surface area contributed by atoms with Crippen LogP contribution in [0, 0.1) is 0 Å². The van der Waals surface area contributed by atoms with Crippen molar-refractivity contribution >= 4 is 11.6 Å². The monoisotopic (exact) mass is 266 g/mol. The molecule has 0 aliphatic carbocycles. The van der Waals surface area contributed by atoms with Crippen molar-refractivity contribution in [2.75, 3.05) is 13.1 Å². The van der Waals surface area contributed by atoms with Crippen LogP contribution in [0.5, 0.6) is 0 Å². The molecule has 1 fully saturated rings. The van der Waals surface area contributed by atoms with Crippen LogP contribution in [-0.2, 0) is 12.6 Å². The zero-order valence-corrected chi connectivity index (χ0v) is 9.44. The predicted molar refractivity (Wildman–Crippen MR) is 55.8 cm³/mol. The maximum atomic E-state index is 12.5. The summed E-state index contributed by atoms with van der Waals surface area (Å²) < 4.78 is 37.4. The molecule has 0 atom stereocenters. The highest BCUT2D eigenvalue weighted by atomic mass is 35.5. The first kappa shape index (κ1) is 12.6. The maximum absolute atomic E-state index is 12.5. The molecule has 0 aromatic carbocycles. The third kappa shape index (κ3) is 2.70. The molecule has 7 heteroatoms. The molecule has 2 N–H and O–H groups in total. The smallest absolute Gasteiger partial charge is 0.387 e. The second-order valence-corrected chi connectivity index (χ2v) is 4.53. The molecule has 0 radical (unpaired) electrons. The molecule has 2 heterocycles. The lowest BCUT2D eigenvalue weighted by Gasteiger charge is -2.37. The van der Waals surface area contributed by atoms with E-state index >= 15 is 0 Å². The summed E-state index contributed by atoms with van der Waals surface area (Å²) in [6, 6.07) is 0.936. The van der Waals surface area contributed by atoms with Gasteiger partial charge in [-0.25, -0.2) is 4.98 Å². The summed E-state index contributed by atoms with van der Waals surface area (Å²) >= 11 is 5.72. The summed E-state index contributed by atoms with van der Waals surface area (Å²) in [4.78, 5) is 3.50. The van der Waals surface area contributed by atoms with Crippen molar-refractivity contribution in [3.63, 3.8) is 0 Å². The number of hydrogen-bond acceptors (Lipinski definition) is 3. The molecule has 1 saturated heterocycles. The fourth-order valence-corrected chi connectivity index (χ4v) is 1.84. The Morgan fingerprint density at radius 3 is 2.59 bits per heavy atom. The Morgan fingerprint density at radius 2 is 2.12 bits per heavy atom. The van der Waals surface area contributed by atoms with E-state index in [9.17, 15) is 18.3 Å². The molecule has 1 aromatic rings. The minimum Gasteiger partial charge on any atom is -0.387 e. The first-order valence-corrected chi connectivity index (χ1v) is 5.33. The van der Waals surface area contributed by atoms with Gasteiger partial charge in [0.25, 0.3) is 0 Å². The molecule has 0 bridgehead atoms. The average molecular weight is 267 g/mol. The van der Waals surface area contributed by atoms with Gasteiger partial charge < -0.3 is 10.4 Å². The van der Waals surface area contributed by atoms with Crippen LogP contribution >= 0.6 is 11.6 Å². The number of aliphatic hydroxyl groups is 1. The first-order chi connectivity index (χ1) is 7.80. The normalized spacial score (nSPS) is 18.9. The second kappa shape index (κ2) is 4.12. The summed E-state index contributed by atoms with van der Waals surface area (Å²) in [5.74, 6) is 0. The van der Waals surface area contributed by atoms with Crippen LogP contribution < -0.4 is 5.32 Å². The lowest BCUT2D eigenvalue weighted by molar-refractivity contribution is -0.137. The molecule has 3 nitrogen and oxygen atoms in total. The number of nitrogens with zero attached hydrogens (tertiary/aromatic N) is 1. The molecule has 0 spiro atoms. The van der Waals surface area contributed by atoms with Gasteiger partial charge in [-0.2, -0.15) is 13.2 Å². The number of nitrogens with one attached hydrogen (secondary N) is 1. The average Bonchev–Trinajstić information content (AvgIpc) is 2.17. The van der Waals surface area contributed by atoms with Crippen molar-refractivity contribution in [1.82, 2.24) is 10.3 Å². The van der Waals surface area contributed by atoms with E-state index in [1.165, 1.54) is 0 Å². The standard InChI is InChI=1S/C10H10ClF3N2O/c11-8-6(2-9(17)4-15-5-9)1-7(3-16-8)10(12,13)14/h1,3,15,17H,2,4-5H2. The number of β-amino-alcohol motifs (C(OH)–C–C–N with tert-alkyl or cyclic N) is 1. The number of alkyl halides is 3. The van der Waals surface area contributed by atoms with Crippen LogP contribution in [0.25, 0.3) is 0 Å². The zero-order chi connectivity index (χ0) is 12.7. The van der Waals surface area contributed by atoms with Gasteiger partial charge in [0.15, 0.2) is 0 Å². The Labute approximate surface area is 101 Å². The van der Waals surface area contributed by atoms with E-state index in [1.807, 2.05) is 0 Å². The quantitative estimate of drug-likeness (QED) is 0.800. The minimum atomic E-state index is -4.45. The lowest BCUT2D eigenvalue weighted by atomic mass is 9.89. The Balaban J connectivity index is 2.26. The fraction of sp³-hybridized carbons (Fsp3) is 0.500. The van der Waals surface area contributed by atoms with E-state index in [0.29, 0.717) is 19.3 Å². The highest BCUT2D eigenvalue weighted by molar-refractivity contribution is 6.30. The molecule has 1 aromatic heterocycles. The van der Waals surface area contributed by atoms with Crippen LogP contribution in [0.3, 0.4) is 0 Å². The van der Waals surface area contributed by atoms with Gasteiger partial charge in [0, 0.05) is 25.7 Å². The minimum absolute atomic E-state index is 0.00155. The van der Waals surface area contributed by atoms with Gasteiger partial charge in [-0.05, 0) is 11.6 Å². The Hall–Kier alpha value is -0.850. The van der Waals surface area contributed by atoms with E-state index in [4.69, 9.17) is 11.6 Å². The van der Waals surface area contributed by atoms with Gasteiger partial charge in [-0.15, -0.1) is 0 Å². The van der Waals surface area contributed by atoms with Crippen LogP contribution in [0.2, 0.25) is 5.15 Å². The van der Waals surface area contributed by atoms with Gasteiger partial charge >= 0.3 is 6.18 Å². The fourth-order valence-electron chi connectivity index (χ4n) is 1.67. The summed E-state index contributed by atoms with van der Waals surface area (Å²) in [5.41, 5.74) is -1.66. The Bertz CT molecular complexity index is 432. The molecule has 17 heavy (non-hydrogen) atoms. The van der Waals surface area contributed by atoms with Crippen molar-refractivity contribution in [2.24, 2.45) is 0 Å². The highest BCUT2D eigenvalue weighted by Crippen LogP contribution is 2.32. The number of pyridine rings is 1. The molecule has 2 rings (SSSR count). The number of rotatable bonds is 2. The second-order valence-electron chi connectivity index (χ2n) is 4.18. The van der Waals surface area contributed by atoms with E-state index in [-0.39, 0.29) is 17.1 Å². The molecule has 1 aliphatic rings. The highest BCUT2D eigenvalue weighted by Gasteiger charge is 2.37. The zero-order valence-electron chi connectivity index (χ0n) is 8.68. The van der Waals surface area contributed by atoms with Gasteiger partial charge in [0.05, 0.1) is 11.2 Å². The molecule has 1 aliphatic heterocycles. The third-order valence-corrected chi connectivity index (χ3v) is 3.01. The van der Waals surface area contributed by atoms with E-state index in [2.05, 4.69) is 10.3 Å². The van der Waals surface area contributed by atoms with Crippen molar-refractivity contribution in [3.8, 4) is 0 Å². The number of halogens is 4. The molecular weight excluding hydrogens is 257 g/mol.